The molecule has 1 heterocycles. The van der Waals surface area contributed by atoms with E-state index in [1.807, 2.05) is 30.3 Å². The third kappa shape index (κ3) is 5.14. The monoisotopic (exact) mass is 395 g/mol. The normalized spacial score (nSPS) is 11.5. The Labute approximate surface area is 171 Å². The average molecular weight is 396 g/mol. The second-order valence-electron chi connectivity index (χ2n) is 6.70. The maximum absolute atomic E-state index is 5.94. The Kier molecular flexibility index (Phi) is 6.71. The molecular weight excluding hydrogens is 370 g/mol. The molecule has 3 rings (SSSR count). The van der Waals surface area contributed by atoms with E-state index in [2.05, 4.69) is 58.4 Å². The molecule has 2 aromatic carbocycles. The van der Waals surface area contributed by atoms with E-state index in [1.165, 1.54) is 16.8 Å². The summed E-state index contributed by atoms with van der Waals surface area (Å²) in [4.78, 5) is 4.31. The van der Waals surface area contributed by atoms with Gasteiger partial charge in [-0.1, -0.05) is 54.1 Å². The van der Waals surface area contributed by atoms with Crippen molar-refractivity contribution in [3.05, 3.63) is 87.7 Å². The summed E-state index contributed by atoms with van der Waals surface area (Å²) >= 11 is 5.94. The summed E-state index contributed by atoms with van der Waals surface area (Å²) in [6, 6.07) is 18.2. The van der Waals surface area contributed by atoms with Gasteiger partial charge in [-0.3, -0.25) is 9.67 Å². The zero-order valence-corrected chi connectivity index (χ0v) is 17.3. The lowest BCUT2D eigenvalue weighted by atomic mass is 10.2. The fourth-order valence-electron chi connectivity index (χ4n) is 3.08. The van der Waals surface area contributed by atoms with Gasteiger partial charge in [-0.15, -0.1) is 0 Å². The van der Waals surface area contributed by atoms with Crippen LogP contribution in [0.15, 0.2) is 59.6 Å². The van der Waals surface area contributed by atoms with Crippen LogP contribution in [0.5, 0.6) is 0 Å². The summed E-state index contributed by atoms with van der Waals surface area (Å²) < 4.78 is 2.06. The van der Waals surface area contributed by atoms with Crippen LogP contribution in [0, 0.1) is 13.8 Å². The van der Waals surface area contributed by atoms with Crippen LogP contribution in [0.1, 0.15) is 28.1 Å². The summed E-state index contributed by atoms with van der Waals surface area (Å²) in [5, 5.41) is 12.2. The van der Waals surface area contributed by atoms with Gasteiger partial charge in [0.2, 0.25) is 0 Å². The first kappa shape index (κ1) is 20.0. The zero-order chi connectivity index (χ0) is 19.9. The number of aromatic nitrogens is 2. The molecule has 1 aromatic heterocycles. The number of hydrogen-bond acceptors (Lipinski definition) is 2. The van der Waals surface area contributed by atoms with Gasteiger partial charge in [-0.05, 0) is 37.1 Å². The number of nitrogens with zero attached hydrogens (tertiary/aromatic N) is 3. The van der Waals surface area contributed by atoms with Crippen LogP contribution in [0.2, 0.25) is 5.02 Å². The minimum Gasteiger partial charge on any atom is -0.352 e. The second kappa shape index (κ2) is 9.42. The van der Waals surface area contributed by atoms with Crippen LogP contribution in [0.4, 0.5) is 0 Å². The van der Waals surface area contributed by atoms with Crippen LogP contribution in [0.3, 0.4) is 0 Å². The van der Waals surface area contributed by atoms with Crippen LogP contribution in [-0.4, -0.2) is 22.8 Å². The first-order valence-electron chi connectivity index (χ1n) is 9.32. The Hall–Kier alpha value is -2.79. The maximum atomic E-state index is 5.94. The van der Waals surface area contributed by atoms with Gasteiger partial charge in [0.15, 0.2) is 5.96 Å². The summed E-state index contributed by atoms with van der Waals surface area (Å²) in [6.07, 6.45) is 0. The molecule has 0 aliphatic carbocycles. The molecule has 3 aromatic rings. The van der Waals surface area contributed by atoms with Crippen molar-refractivity contribution >= 4 is 17.6 Å². The molecule has 2 N–H and O–H groups in total. The molecule has 0 aliphatic rings. The molecular formula is C22H26ClN5. The molecule has 28 heavy (non-hydrogen) atoms. The van der Waals surface area contributed by atoms with Gasteiger partial charge in [-0.2, -0.15) is 5.10 Å². The van der Waals surface area contributed by atoms with Gasteiger partial charge in [-0.25, -0.2) is 0 Å². The van der Waals surface area contributed by atoms with Gasteiger partial charge in [0, 0.05) is 36.4 Å². The second-order valence-corrected chi connectivity index (χ2v) is 7.13. The summed E-state index contributed by atoms with van der Waals surface area (Å²) in [5.74, 6) is 0.754. The number of benzene rings is 2. The van der Waals surface area contributed by atoms with Crippen LogP contribution in [0.25, 0.3) is 0 Å². The van der Waals surface area contributed by atoms with Crippen molar-refractivity contribution in [2.75, 3.05) is 7.05 Å². The highest BCUT2D eigenvalue weighted by atomic mass is 35.5. The molecule has 146 valence electrons. The van der Waals surface area contributed by atoms with Crippen molar-refractivity contribution in [1.82, 2.24) is 20.4 Å². The third-order valence-corrected chi connectivity index (χ3v) is 4.99. The van der Waals surface area contributed by atoms with Gasteiger partial charge >= 0.3 is 0 Å². The van der Waals surface area contributed by atoms with E-state index in [1.54, 1.807) is 7.05 Å². The fourth-order valence-corrected chi connectivity index (χ4v) is 3.21. The lowest BCUT2D eigenvalue weighted by Gasteiger charge is -2.12. The molecule has 0 atom stereocenters. The first-order chi connectivity index (χ1) is 13.6. The van der Waals surface area contributed by atoms with Gasteiger partial charge in [0.05, 0.1) is 12.2 Å². The van der Waals surface area contributed by atoms with E-state index in [-0.39, 0.29) is 0 Å². The quantitative estimate of drug-likeness (QED) is 0.488. The highest BCUT2D eigenvalue weighted by molar-refractivity contribution is 6.30. The average Bonchev–Trinajstić information content (AvgIpc) is 2.97. The number of rotatable bonds is 6. The Bertz CT molecular complexity index is 930. The number of guanidine groups is 1. The first-order valence-corrected chi connectivity index (χ1v) is 9.70. The lowest BCUT2D eigenvalue weighted by Crippen LogP contribution is -2.36. The Morgan fingerprint density at radius 1 is 0.964 bits per heavy atom. The Balaban J connectivity index is 1.60. The van der Waals surface area contributed by atoms with E-state index in [4.69, 9.17) is 16.7 Å². The number of aliphatic imine (C=N–C) groups is 1. The zero-order valence-electron chi connectivity index (χ0n) is 16.5. The van der Waals surface area contributed by atoms with E-state index in [0.717, 1.165) is 28.8 Å². The van der Waals surface area contributed by atoms with Crippen molar-refractivity contribution in [3.63, 3.8) is 0 Å². The topological polar surface area (TPSA) is 54.2 Å². The summed E-state index contributed by atoms with van der Waals surface area (Å²) in [7, 11) is 1.77. The largest absolute Gasteiger partial charge is 0.352 e. The predicted molar refractivity (Wildman–Crippen MR) is 116 cm³/mol. The molecule has 0 unspecified atom stereocenters. The van der Waals surface area contributed by atoms with E-state index >= 15 is 0 Å². The predicted octanol–water partition coefficient (Wildman–Crippen LogP) is 4.07. The lowest BCUT2D eigenvalue weighted by molar-refractivity contribution is 0.657. The molecule has 0 saturated carbocycles. The standard InChI is InChI=1S/C22H26ClN5/c1-16-21(17(2)28(27-16)15-19-7-5-4-6-8-19)14-26-22(24-3)25-13-18-9-11-20(23)12-10-18/h4-12H,13-15H2,1-3H3,(H2,24,25,26). The number of nitrogens with one attached hydrogen (secondary N) is 2. The highest BCUT2D eigenvalue weighted by Crippen LogP contribution is 2.15. The Morgan fingerprint density at radius 2 is 1.64 bits per heavy atom. The van der Waals surface area contributed by atoms with Crippen molar-refractivity contribution < 1.29 is 0 Å². The molecule has 0 radical (unpaired) electrons. The van der Waals surface area contributed by atoms with E-state index < -0.39 is 0 Å². The molecule has 5 nitrogen and oxygen atoms in total. The summed E-state index contributed by atoms with van der Waals surface area (Å²) in [6.45, 7) is 6.30. The van der Waals surface area contributed by atoms with Gasteiger partial charge in [0.25, 0.3) is 0 Å². The number of hydrogen-bond donors (Lipinski definition) is 2. The molecule has 0 amide bonds. The molecule has 0 saturated heterocycles. The third-order valence-electron chi connectivity index (χ3n) is 4.74. The smallest absolute Gasteiger partial charge is 0.191 e. The van der Waals surface area contributed by atoms with Crippen molar-refractivity contribution in [2.24, 2.45) is 4.99 Å². The number of halogens is 1. The Morgan fingerprint density at radius 3 is 2.32 bits per heavy atom. The van der Waals surface area contributed by atoms with Crippen LogP contribution >= 0.6 is 11.6 Å². The highest BCUT2D eigenvalue weighted by Gasteiger charge is 2.12. The van der Waals surface area contributed by atoms with Crippen molar-refractivity contribution in [2.45, 2.75) is 33.5 Å². The molecule has 0 bridgehead atoms. The fraction of sp³-hybridized carbons (Fsp3) is 0.273. The van der Waals surface area contributed by atoms with E-state index in [9.17, 15) is 0 Å². The van der Waals surface area contributed by atoms with Gasteiger partial charge in [0.1, 0.15) is 0 Å². The van der Waals surface area contributed by atoms with Gasteiger partial charge < -0.3 is 10.6 Å². The minimum absolute atomic E-state index is 0.673. The molecule has 0 spiro atoms. The van der Waals surface area contributed by atoms with Crippen molar-refractivity contribution in [3.8, 4) is 0 Å². The van der Waals surface area contributed by atoms with Crippen molar-refractivity contribution in [1.29, 1.82) is 0 Å². The maximum Gasteiger partial charge on any atom is 0.191 e. The minimum atomic E-state index is 0.673. The number of aryl methyl sites for hydroxylation is 1. The molecule has 0 aliphatic heterocycles. The summed E-state index contributed by atoms with van der Waals surface area (Å²) in [5.41, 5.74) is 5.80. The van der Waals surface area contributed by atoms with Crippen LogP contribution in [-0.2, 0) is 19.6 Å². The molecule has 0 fully saturated rings. The van der Waals surface area contributed by atoms with E-state index in [0.29, 0.717) is 13.1 Å². The van der Waals surface area contributed by atoms with Crippen LogP contribution < -0.4 is 10.6 Å². The SMILES string of the molecule is CN=C(NCc1ccc(Cl)cc1)NCc1c(C)nn(Cc2ccccc2)c1C. The molecule has 6 heteroatoms.